The molecule has 4 rings (SSSR count). The number of sulfonamides is 1. The van der Waals surface area contributed by atoms with Crippen LogP contribution in [0.5, 0.6) is 11.5 Å². The van der Waals surface area contributed by atoms with Crippen LogP contribution >= 0.6 is 0 Å². The zero-order valence-corrected chi connectivity index (χ0v) is 20.0. The summed E-state index contributed by atoms with van der Waals surface area (Å²) in [6.45, 7) is 3.78. The molecule has 0 radical (unpaired) electrons. The number of anilines is 2. The molecule has 1 aliphatic rings. The number of carbonyl (C=O) groups excluding carboxylic acids is 2. The van der Waals surface area contributed by atoms with Gasteiger partial charge in [-0.15, -0.1) is 0 Å². The van der Waals surface area contributed by atoms with E-state index in [-0.39, 0.29) is 16.1 Å². The highest BCUT2D eigenvalue weighted by atomic mass is 32.2. The first-order chi connectivity index (χ1) is 16.7. The Kier molecular flexibility index (Phi) is 6.92. The molecule has 3 aromatic rings. The molecule has 0 fully saturated rings. The molecule has 0 saturated carbocycles. The van der Waals surface area contributed by atoms with Crippen molar-refractivity contribution in [3.8, 4) is 11.5 Å². The number of aryl methyl sites for hydroxylation is 2. The third-order valence-electron chi connectivity index (χ3n) is 5.18. The first-order valence-electron chi connectivity index (χ1n) is 10.8. The Balaban J connectivity index is 1.42. The maximum absolute atomic E-state index is 13.0. The maximum Gasteiger partial charge on any atom is 0.340 e. The lowest BCUT2D eigenvalue weighted by molar-refractivity contribution is -0.119. The fourth-order valence-corrected chi connectivity index (χ4v) is 4.88. The zero-order valence-electron chi connectivity index (χ0n) is 19.2. The van der Waals surface area contributed by atoms with Crippen LogP contribution in [-0.4, -0.2) is 40.1 Å². The molecule has 0 aliphatic carbocycles. The van der Waals surface area contributed by atoms with Gasteiger partial charge in [0, 0.05) is 11.8 Å². The SMILES string of the molecule is Cc1ccc(C)c(S(=O)(=O)Nc2ccccc2C(=O)OCC(=O)Nc2ccc3c(c2)OCCO3)c1. The molecule has 0 unspecified atom stereocenters. The lowest BCUT2D eigenvalue weighted by atomic mass is 10.2. The van der Waals surface area contributed by atoms with Crippen LogP contribution in [0.25, 0.3) is 0 Å². The fraction of sp³-hybridized carbons (Fsp3) is 0.200. The van der Waals surface area contributed by atoms with Gasteiger partial charge >= 0.3 is 5.97 Å². The number of nitrogens with one attached hydrogen (secondary N) is 2. The summed E-state index contributed by atoms with van der Waals surface area (Å²) >= 11 is 0. The topological polar surface area (TPSA) is 120 Å². The van der Waals surface area contributed by atoms with Gasteiger partial charge in [-0.05, 0) is 55.3 Å². The van der Waals surface area contributed by atoms with E-state index < -0.39 is 28.5 Å². The molecule has 9 nitrogen and oxygen atoms in total. The van der Waals surface area contributed by atoms with E-state index in [0.29, 0.717) is 36.0 Å². The van der Waals surface area contributed by atoms with E-state index in [9.17, 15) is 18.0 Å². The molecule has 2 N–H and O–H groups in total. The summed E-state index contributed by atoms with van der Waals surface area (Å²) < 4.78 is 44.5. The van der Waals surface area contributed by atoms with Gasteiger partial charge in [0.25, 0.3) is 15.9 Å². The lowest BCUT2D eigenvalue weighted by Gasteiger charge is -2.19. The van der Waals surface area contributed by atoms with Crippen LogP contribution in [-0.2, 0) is 19.6 Å². The summed E-state index contributed by atoms with van der Waals surface area (Å²) in [6, 6.07) is 16.1. The number of carbonyl (C=O) groups is 2. The third-order valence-corrected chi connectivity index (χ3v) is 6.69. The van der Waals surface area contributed by atoms with E-state index >= 15 is 0 Å². The van der Waals surface area contributed by atoms with Crippen LogP contribution in [0.1, 0.15) is 21.5 Å². The second-order valence-corrected chi connectivity index (χ2v) is 9.55. The van der Waals surface area contributed by atoms with Crippen LogP contribution < -0.4 is 19.5 Å². The van der Waals surface area contributed by atoms with Crippen molar-refractivity contribution in [2.45, 2.75) is 18.7 Å². The number of hydrogen-bond acceptors (Lipinski definition) is 7. The standard InChI is InChI=1S/C25H24N2O7S/c1-16-7-8-17(2)23(13-16)35(30,31)27-20-6-4-3-5-19(20)25(29)34-15-24(28)26-18-9-10-21-22(14-18)33-12-11-32-21/h3-10,13-14,27H,11-12,15H2,1-2H3,(H,26,28). The second-order valence-electron chi connectivity index (χ2n) is 7.90. The highest BCUT2D eigenvalue weighted by Crippen LogP contribution is 2.32. The summed E-state index contributed by atoms with van der Waals surface area (Å²) in [5, 5.41) is 2.62. The second kappa shape index (κ2) is 10.1. The summed E-state index contributed by atoms with van der Waals surface area (Å²) in [5.74, 6) is -0.318. The van der Waals surface area contributed by atoms with Crippen molar-refractivity contribution in [3.05, 3.63) is 77.4 Å². The Labute approximate surface area is 203 Å². The predicted molar refractivity (Wildman–Crippen MR) is 130 cm³/mol. The monoisotopic (exact) mass is 496 g/mol. The first-order valence-corrected chi connectivity index (χ1v) is 12.3. The van der Waals surface area contributed by atoms with E-state index in [0.717, 1.165) is 5.56 Å². The van der Waals surface area contributed by atoms with Crippen molar-refractivity contribution in [1.82, 2.24) is 0 Å². The van der Waals surface area contributed by atoms with Gasteiger partial charge in [-0.25, -0.2) is 13.2 Å². The van der Waals surface area contributed by atoms with Crippen LogP contribution in [0.15, 0.2) is 65.6 Å². The largest absolute Gasteiger partial charge is 0.486 e. The quantitative estimate of drug-likeness (QED) is 0.479. The van der Waals surface area contributed by atoms with Gasteiger partial charge < -0.3 is 19.5 Å². The van der Waals surface area contributed by atoms with Gasteiger partial charge in [-0.3, -0.25) is 9.52 Å². The average Bonchev–Trinajstić information content (AvgIpc) is 2.84. The van der Waals surface area contributed by atoms with Gasteiger partial charge in [-0.2, -0.15) is 0 Å². The van der Waals surface area contributed by atoms with Crippen molar-refractivity contribution in [1.29, 1.82) is 0 Å². The molecule has 10 heteroatoms. The number of rotatable bonds is 7. The number of para-hydroxylation sites is 1. The van der Waals surface area contributed by atoms with Gasteiger partial charge in [-0.1, -0.05) is 24.3 Å². The van der Waals surface area contributed by atoms with Crippen molar-refractivity contribution in [2.24, 2.45) is 0 Å². The van der Waals surface area contributed by atoms with E-state index in [1.165, 1.54) is 12.1 Å². The highest BCUT2D eigenvalue weighted by molar-refractivity contribution is 7.92. The number of esters is 1. The Hall–Kier alpha value is -4.05. The minimum Gasteiger partial charge on any atom is -0.486 e. The molecule has 0 atom stereocenters. The van der Waals surface area contributed by atoms with Gasteiger partial charge in [0.05, 0.1) is 16.1 Å². The molecule has 1 heterocycles. The number of benzene rings is 3. The number of hydrogen-bond donors (Lipinski definition) is 2. The normalized spacial score (nSPS) is 12.5. The molecule has 182 valence electrons. The third kappa shape index (κ3) is 5.72. The summed E-state index contributed by atoms with van der Waals surface area (Å²) in [6.07, 6.45) is 0. The number of fused-ring (bicyclic) bond motifs is 1. The Morgan fingerprint density at radius 3 is 2.49 bits per heavy atom. The number of amides is 1. The summed E-state index contributed by atoms with van der Waals surface area (Å²) in [7, 11) is -3.96. The first kappa shape index (κ1) is 24.1. The lowest BCUT2D eigenvalue weighted by Crippen LogP contribution is -2.22. The van der Waals surface area contributed by atoms with Crippen LogP contribution in [0.3, 0.4) is 0 Å². The molecule has 0 bridgehead atoms. The van der Waals surface area contributed by atoms with Crippen LogP contribution in [0.2, 0.25) is 0 Å². The van der Waals surface area contributed by atoms with Gasteiger partial charge in [0.1, 0.15) is 13.2 Å². The summed E-state index contributed by atoms with van der Waals surface area (Å²) in [4.78, 5) is 25.1. The van der Waals surface area contributed by atoms with Crippen LogP contribution in [0, 0.1) is 13.8 Å². The van der Waals surface area contributed by atoms with E-state index in [1.54, 1.807) is 56.3 Å². The average molecular weight is 497 g/mol. The Morgan fingerprint density at radius 1 is 0.943 bits per heavy atom. The molecule has 0 spiro atoms. The smallest absolute Gasteiger partial charge is 0.340 e. The van der Waals surface area contributed by atoms with E-state index in [1.807, 2.05) is 6.07 Å². The minimum absolute atomic E-state index is 0.0199. The molecule has 1 amide bonds. The molecule has 3 aromatic carbocycles. The fourth-order valence-electron chi connectivity index (χ4n) is 3.47. The van der Waals surface area contributed by atoms with Crippen molar-refractivity contribution >= 4 is 33.3 Å². The van der Waals surface area contributed by atoms with Crippen molar-refractivity contribution < 1.29 is 32.2 Å². The molecule has 35 heavy (non-hydrogen) atoms. The molecular weight excluding hydrogens is 472 g/mol. The molecule has 1 aliphatic heterocycles. The van der Waals surface area contributed by atoms with Gasteiger partial charge in [0.15, 0.2) is 18.1 Å². The van der Waals surface area contributed by atoms with E-state index in [2.05, 4.69) is 10.0 Å². The number of ether oxygens (including phenoxy) is 3. The van der Waals surface area contributed by atoms with Crippen LogP contribution in [0.4, 0.5) is 11.4 Å². The summed E-state index contributed by atoms with van der Waals surface area (Å²) in [5.41, 5.74) is 1.84. The van der Waals surface area contributed by atoms with E-state index in [4.69, 9.17) is 14.2 Å². The van der Waals surface area contributed by atoms with Crippen molar-refractivity contribution in [3.63, 3.8) is 0 Å². The Bertz CT molecular complexity index is 1390. The van der Waals surface area contributed by atoms with Gasteiger partial charge in [0.2, 0.25) is 0 Å². The highest BCUT2D eigenvalue weighted by Gasteiger charge is 2.22. The maximum atomic E-state index is 13.0. The minimum atomic E-state index is -3.96. The van der Waals surface area contributed by atoms with Crippen molar-refractivity contribution in [2.75, 3.05) is 29.9 Å². The molecular formula is C25H24N2O7S. The molecule has 0 saturated heterocycles. The Morgan fingerprint density at radius 2 is 1.69 bits per heavy atom. The molecule has 0 aromatic heterocycles. The predicted octanol–water partition coefficient (Wildman–Crippen LogP) is 3.67. The zero-order chi connectivity index (χ0) is 25.0.